The number of hydrogen-bond donors (Lipinski definition) is 0. The molecule has 0 saturated heterocycles. The summed E-state index contributed by atoms with van der Waals surface area (Å²) >= 11 is 0. The summed E-state index contributed by atoms with van der Waals surface area (Å²) in [6.45, 7) is -1.19. The number of esters is 1. The molecular formula is C24H13F5O7. The van der Waals surface area contributed by atoms with Crippen LogP contribution in [0.5, 0.6) is 28.7 Å². The van der Waals surface area contributed by atoms with Crippen LogP contribution in [0.15, 0.2) is 57.9 Å². The SMILES string of the molecule is COc1ccc(Oc2coc3cc(OC(=O)COc4c(F)c(F)c(F)c(F)c4F)ccc3c2=O)cc1. The van der Waals surface area contributed by atoms with Crippen LogP contribution in [0.25, 0.3) is 11.0 Å². The third-order valence-electron chi connectivity index (χ3n) is 4.74. The Balaban J connectivity index is 1.47. The molecule has 0 aliphatic heterocycles. The molecule has 0 N–H and O–H groups in total. The molecule has 0 aliphatic rings. The van der Waals surface area contributed by atoms with Crippen LogP contribution in [0.1, 0.15) is 0 Å². The van der Waals surface area contributed by atoms with Crippen LogP contribution in [-0.2, 0) is 4.79 Å². The second-order valence-electron chi connectivity index (χ2n) is 7.03. The fourth-order valence-electron chi connectivity index (χ4n) is 3.00. The first kappa shape index (κ1) is 24.5. The van der Waals surface area contributed by atoms with Crippen molar-refractivity contribution in [3.8, 4) is 28.7 Å². The molecule has 4 rings (SSSR count). The van der Waals surface area contributed by atoms with Gasteiger partial charge in [-0.05, 0) is 36.4 Å². The fourth-order valence-corrected chi connectivity index (χ4v) is 3.00. The Hall–Kier alpha value is -4.61. The lowest BCUT2D eigenvalue weighted by atomic mass is 10.2. The molecule has 7 nitrogen and oxygen atoms in total. The number of halogens is 5. The molecular weight excluding hydrogens is 495 g/mol. The number of methoxy groups -OCH3 is 1. The number of hydrogen-bond acceptors (Lipinski definition) is 7. The molecule has 0 amide bonds. The summed E-state index contributed by atoms with van der Waals surface area (Å²) in [5.41, 5.74) is -0.521. The molecule has 0 atom stereocenters. The van der Waals surface area contributed by atoms with Crippen LogP contribution in [0.4, 0.5) is 22.0 Å². The smallest absolute Gasteiger partial charge is 0.349 e. The number of ether oxygens (including phenoxy) is 4. The van der Waals surface area contributed by atoms with Crippen molar-refractivity contribution in [1.82, 2.24) is 0 Å². The average Bonchev–Trinajstić information content (AvgIpc) is 2.88. The van der Waals surface area contributed by atoms with Crippen LogP contribution in [0.3, 0.4) is 0 Å². The average molecular weight is 508 g/mol. The van der Waals surface area contributed by atoms with E-state index in [1.54, 1.807) is 24.3 Å². The zero-order valence-electron chi connectivity index (χ0n) is 18.1. The maximum absolute atomic E-state index is 13.6. The Morgan fingerprint density at radius 1 is 0.833 bits per heavy atom. The number of carbonyl (C=O) groups is 1. The van der Waals surface area contributed by atoms with Crippen LogP contribution in [-0.4, -0.2) is 19.7 Å². The van der Waals surface area contributed by atoms with Crippen molar-refractivity contribution in [3.63, 3.8) is 0 Å². The Kier molecular flexibility index (Phi) is 6.77. The van der Waals surface area contributed by atoms with Gasteiger partial charge >= 0.3 is 5.97 Å². The van der Waals surface area contributed by atoms with Gasteiger partial charge in [-0.3, -0.25) is 4.79 Å². The second kappa shape index (κ2) is 9.94. The molecule has 0 unspecified atom stereocenters. The van der Waals surface area contributed by atoms with E-state index in [4.69, 9.17) is 18.6 Å². The van der Waals surface area contributed by atoms with Crippen molar-refractivity contribution < 1.29 is 50.1 Å². The molecule has 0 bridgehead atoms. The maximum atomic E-state index is 13.6. The van der Waals surface area contributed by atoms with E-state index in [1.165, 1.54) is 25.3 Å². The first-order valence-corrected chi connectivity index (χ1v) is 9.92. The summed E-state index contributed by atoms with van der Waals surface area (Å²) in [7, 11) is 1.50. The summed E-state index contributed by atoms with van der Waals surface area (Å²) < 4.78 is 92.1. The normalized spacial score (nSPS) is 10.8. The number of benzene rings is 3. The third kappa shape index (κ3) is 4.78. The van der Waals surface area contributed by atoms with Crippen molar-refractivity contribution in [1.29, 1.82) is 0 Å². The van der Waals surface area contributed by atoms with Crippen molar-refractivity contribution in [3.05, 3.63) is 88.0 Å². The van der Waals surface area contributed by atoms with Crippen molar-refractivity contribution >= 4 is 16.9 Å². The lowest BCUT2D eigenvalue weighted by Gasteiger charge is -2.10. The van der Waals surface area contributed by atoms with Gasteiger partial charge in [-0.15, -0.1) is 0 Å². The van der Waals surface area contributed by atoms with E-state index in [9.17, 15) is 31.5 Å². The first-order valence-electron chi connectivity index (χ1n) is 9.92. The quantitative estimate of drug-likeness (QED) is 0.111. The minimum absolute atomic E-state index is 0.00747. The number of fused-ring (bicyclic) bond motifs is 1. The highest BCUT2D eigenvalue weighted by Crippen LogP contribution is 2.29. The topological polar surface area (TPSA) is 84.2 Å². The summed E-state index contributed by atoms with van der Waals surface area (Å²) in [5, 5.41) is 0.0819. The van der Waals surface area contributed by atoms with Gasteiger partial charge < -0.3 is 23.4 Å². The largest absolute Gasteiger partial charge is 0.497 e. The Bertz CT molecular complexity index is 1490. The molecule has 36 heavy (non-hydrogen) atoms. The number of rotatable bonds is 7. The van der Waals surface area contributed by atoms with E-state index in [1.807, 2.05) is 0 Å². The van der Waals surface area contributed by atoms with E-state index in [-0.39, 0.29) is 22.5 Å². The Morgan fingerprint density at radius 3 is 2.06 bits per heavy atom. The zero-order chi connectivity index (χ0) is 26.0. The van der Waals surface area contributed by atoms with Crippen molar-refractivity contribution in [2.24, 2.45) is 0 Å². The van der Waals surface area contributed by atoms with E-state index in [0.29, 0.717) is 11.5 Å². The molecule has 1 heterocycles. The summed E-state index contributed by atoms with van der Waals surface area (Å²) in [6, 6.07) is 10.1. The van der Waals surface area contributed by atoms with Gasteiger partial charge in [-0.2, -0.15) is 8.78 Å². The molecule has 0 radical (unpaired) electrons. The molecule has 0 saturated carbocycles. The summed E-state index contributed by atoms with van der Waals surface area (Å²) in [6.07, 6.45) is 1.05. The monoisotopic (exact) mass is 508 g/mol. The van der Waals surface area contributed by atoms with Gasteiger partial charge in [0.2, 0.25) is 40.3 Å². The van der Waals surface area contributed by atoms with Crippen LogP contribution >= 0.6 is 0 Å². The summed E-state index contributed by atoms with van der Waals surface area (Å²) in [5.74, 6) is -13.5. The fraction of sp³-hybridized carbons (Fsp3) is 0.0833. The van der Waals surface area contributed by atoms with E-state index < -0.39 is 52.8 Å². The Labute approximate surface area is 198 Å². The molecule has 3 aromatic carbocycles. The van der Waals surface area contributed by atoms with Gasteiger partial charge in [0.15, 0.2) is 12.4 Å². The highest BCUT2D eigenvalue weighted by Gasteiger charge is 2.27. The third-order valence-corrected chi connectivity index (χ3v) is 4.74. The highest BCUT2D eigenvalue weighted by atomic mass is 19.2. The molecule has 1 aromatic heterocycles. The number of carbonyl (C=O) groups excluding carboxylic acids is 1. The van der Waals surface area contributed by atoms with Gasteiger partial charge in [0, 0.05) is 6.07 Å². The lowest BCUT2D eigenvalue weighted by Crippen LogP contribution is -2.19. The van der Waals surface area contributed by atoms with E-state index in [0.717, 1.165) is 6.26 Å². The Morgan fingerprint density at radius 2 is 1.42 bits per heavy atom. The summed E-state index contributed by atoms with van der Waals surface area (Å²) in [4.78, 5) is 24.7. The van der Waals surface area contributed by atoms with E-state index in [2.05, 4.69) is 4.74 Å². The first-order chi connectivity index (χ1) is 17.2. The van der Waals surface area contributed by atoms with Crippen LogP contribution in [0.2, 0.25) is 0 Å². The van der Waals surface area contributed by atoms with Gasteiger partial charge in [-0.1, -0.05) is 0 Å². The maximum Gasteiger partial charge on any atom is 0.349 e. The minimum Gasteiger partial charge on any atom is -0.497 e. The molecule has 4 aromatic rings. The molecule has 0 spiro atoms. The van der Waals surface area contributed by atoms with Crippen LogP contribution in [0, 0.1) is 29.1 Å². The molecule has 0 fully saturated rings. The van der Waals surface area contributed by atoms with Gasteiger partial charge in [0.1, 0.15) is 29.1 Å². The second-order valence-corrected chi connectivity index (χ2v) is 7.03. The molecule has 0 aliphatic carbocycles. The van der Waals surface area contributed by atoms with Crippen molar-refractivity contribution in [2.45, 2.75) is 0 Å². The predicted molar refractivity (Wildman–Crippen MR) is 113 cm³/mol. The predicted octanol–water partition coefficient (Wildman–Crippen LogP) is 5.27. The van der Waals surface area contributed by atoms with E-state index >= 15 is 0 Å². The highest BCUT2D eigenvalue weighted by molar-refractivity contribution is 5.81. The van der Waals surface area contributed by atoms with Gasteiger partial charge in [-0.25, -0.2) is 18.0 Å². The molecule has 186 valence electrons. The minimum atomic E-state index is -2.37. The lowest BCUT2D eigenvalue weighted by molar-refractivity contribution is -0.136. The van der Waals surface area contributed by atoms with Crippen molar-refractivity contribution in [2.75, 3.05) is 13.7 Å². The zero-order valence-corrected chi connectivity index (χ0v) is 18.1. The van der Waals surface area contributed by atoms with Gasteiger partial charge in [0.25, 0.3) is 0 Å². The standard InChI is InChI=1S/C24H13F5O7/c1-32-11-2-4-12(5-3-11)35-16-9-33-15-8-13(6-7-14(15)23(16)31)36-17(30)10-34-24-21(28)19(26)18(25)20(27)22(24)29/h2-9H,10H2,1H3. The van der Waals surface area contributed by atoms with Crippen LogP contribution < -0.4 is 24.4 Å². The van der Waals surface area contributed by atoms with Gasteiger partial charge in [0.05, 0.1) is 12.5 Å². The molecule has 12 heteroatoms.